The average molecular weight is 364 g/mol. The van der Waals surface area contributed by atoms with E-state index < -0.39 is 5.41 Å². The molecule has 0 spiro atoms. The fraction of sp³-hybridized carbons (Fsp3) is 0.650. The summed E-state index contributed by atoms with van der Waals surface area (Å²) < 4.78 is 14.1. The molecule has 1 aromatic rings. The summed E-state index contributed by atoms with van der Waals surface area (Å²) in [4.78, 5) is 15.2. The standard InChI is InChI=1S/C20H30FN2OP/c1-13(20(2,21)25)14-3-5-15(6-4-14)19(24)23(18-11-12-18)17-9-7-16(22)8-10-17/h3-6,13,16-18H,7-12,22,25H2,1-2H3. The molecular weight excluding hydrogens is 334 g/mol. The summed E-state index contributed by atoms with van der Waals surface area (Å²) in [6, 6.07) is 8.49. The molecule has 138 valence electrons. The van der Waals surface area contributed by atoms with E-state index in [1.54, 1.807) is 6.92 Å². The Morgan fingerprint density at radius 2 is 1.64 bits per heavy atom. The van der Waals surface area contributed by atoms with Crippen molar-refractivity contribution in [2.24, 2.45) is 5.73 Å². The maximum Gasteiger partial charge on any atom is 0.254 e. The van der Waals surface area contributed by atoms with Crippen molar-refractivity contribution in [1.82, 2.24) is 4.90 Å². The minimum absolute atomic E-state index is 0.121. The molecule has 3 nitrogen and oxygen atoms in total. The number of carbonyl (C=O) groups is 1. The minimum atomic E-state index is -1.35. The fourth-order valence-corrected chi connectivity index (χ4v) is 3.94. The molecule has 3 atom stereocenters. The van der Waals surface area contributed by atoms with Gasteiger partial charge < -0.3 is 10.6 Å². The van der Waals surface area contributed by atoms with Gasteiger partial charge in [-0.05, 0) is 63.1 Å². The van der Waals surface area contributed by atoms with Crippen molar-refractivity contribution in [1.29, 1.82) is 0 Å². The van der Waals surface area contributed by atoms with Gasteiger partial charge in [-0.1, -0.05) is 28.3 Å². The molecule has 1 amide bonds. The van der Waals surface area contributed by atoms with E-state index in [2.05, 4.69) is 14.1 Å². The quantitative estimate of drug-likeness (QED) is 0.795. The Balaban J connectivity index is 1.74. The number of hydrogen-bond acceptors (Lipinski definition) is 2. The summed E-state index contributed by atoms with van der Waals surface area (Å²) >= 11 is 0. The number of carbonyl (C=O) groups excluding carboxylic acids is 1. The van der Waals surface area contributed by atoms with E-state index in [1.807, 2.05) is 31.2 Å². The van der Waals surface area contributed by atoms with Gasteiger partial charge in [-0.3, -0.25) is 4.79 Å². The second-order valence-corrected chi connectivity index (χ2v) is 9.14. The zero-order chi connectivity index (χ0) is 18.2. The van der Waals surface area contributed by atoms with Crippen molar-refractivity contribution in [2.45, 2.75) is 81.8 Å². The molecule has 2 fully saturated rings. The number of nitrogens with two attached hydrogens (primary N) is 1. The fourth-order valence-electron chi connectivity index (χ4n) is 3.75. The van der Waals surface area contributed by atoms with Gasteiger partial charge in [0.1, 0.15) is 5.41 Å². The van der Waals surface area contributed by atoms with E-state index in [4.69, 9.17) is 5.73 Å². The van der Waals surface area contributed by atoms with E-state index in [0.29, 0.717) is 17.6 Å². The van der Waals surface area contributed by atoms with Crippen LogP contribution in [0.1, 0.15) is 74.2 Å². The van der Waals surface area contributed by atoms with Gasteiger partial charge in [-0.25, -0.2) is 4.39 Å². The summed E-state index contributed by atoms with van der Waals surface area (Å²) in [6.45, 7) is 3.43. The smallest absolute Gasteiger partial charge is 0.254 e. The van der Waals surface area contributed by atoms with Crippen LogP contribution in [0.3, 0.4) is 0 Å². The minimum Gasteiger partial charge on any atom is -0.333 e. The molecule has 3 rings (SSSR count). The summed E-state index contributed by atoms with van der Waals surface area (Å²) in [5, 5.41) is -1.35. The molecule has 2 aliphatic carbocycles. The topological polar surface area (TPSA) is 46.3 Å². The molecule has 2 saturated carbocycles. The zero-order valence-corrected chi connectivity index (χ0v) is 16.4. The number of amides is 1. The van der Waals surface area contributed by atoms with Gasteiger partial charge in [0, 0.05) is 29.6 Å². The van der Waals surface area contributed by atoms with E-state index in [0.717, 1.165) is 44.1 Å². The number of halogens is 1. The van der Waals surface area contributed by atoms with Gasteiger partial charge in [-0.2, -0.15) is 0 Å². The largest absolute Gasteiger partial charge is 0.333 e. The maximum atomic E-state index is 14.1. The highest BCUT2D eigenvalue weighted by Crippen LogP contribution is 2.37. The summed E-state index contributed by atoms with van der Waals surface area (Å²) in [7, 11) is 2.26. The first-order valence-corrected chi connectivity index (χ1v) is 10.0. The zero-order valence-electron chi connectivity index (χ0n) is 15.2. The second-order valence-electron chi connectivity index (χ2n) is 8.01. The van der Waals surface area contributed by atoms with Crippen LogP contribution in [-0.2, 0) is 0 Å². The lowest BCUT2D eigenvalue weighted by Crippen LogP contribution is -2.45. The van der Waals surface area contributed by atoms with Gasteiger partial charge in [-0.15, -0.1) is 0 Å². The van der Waals surface area contributed by atoms with Gasteiger partial charge in [0.25, 0.3) is 5.91 Å². The summed E-state index contributed by atoms with van der Waals surface area (Å²) in [5.41, 5.74) is 7.65. The Labute approximate surface area is 152 Å². The van der Waals surface area contributed by atoms with Crippen LogP contribution in [0.15, 0.2) is 24.3 Å². The second kappa shape index (κ2) is 7.32. The van der Waals surface area contributed by atoms with E-state index in [-0.39, 0.29) is 17.9 Å². The van der Waals surface area contributed by atoms with Crippen LogP contribution in [0, 0.1) is 0 Å². The van der Waals surface area contributed by atoms with Crippen LogP contribution >= 0.6 is 9.24 Å². The molecule has 0 heterocycles. The Morgan fingerprint density at radius 3 is 2.08 bits per heavy atom. The molecular formula is C20H30FN2OP. The normalized spacial score (nSPS) is 27.4. The predicted molar refractivity (Wildman–Crippen MR) is 104 cm³/mol. The van der Waals surface area contributed by atoms with Crippen LogP contribution in [0.25, 0.3) is 0 Å². The van der Waals surface area contributed by atoms with Crippen LogP contribution in [0.5, 0.6) is 0 Å². The maximum absolute atomic E-state index is 14.1. The Hall–Kier alpha value is -0.990. The molecule has 5 heteroatoms. The molecule has 1 aromatic carbocycles. The van der Waals surface area contributed by atoms with Gasteiger partial charge in [0.2, 0.25) is 0 Å². The van der Waals surface area contributed by atoms with Crippen LogP contribution < -0.4 is 5.73 Å². The third kappa shape index (κ3) is 4.41. The van der Waals surface area contributed by atoms with Gasteiger partial charge in [0.15, 0.2) is 0 Å². The van der Waals surface area contributed by atoms with Crippen molar-refractivity contribution >= 4 is 15.1 Å². The third-order valence-electron chi connectivity index (χ3n) is 5.81. The number of nitrogens with zero attached hydrogens (tertiary/aromatic N) is 1. The summed E-state index contributed by atoms with van der Waals surface area (Å²) in [6.07, 6.45) is 6.23. The molecule has 0 aromatic heterocycles. The Morgan fingerprint density at radius 1 is 1.16 bits per heavy atom. The third-order valence-corrected chi connectivity index (χ3v) is 6.31. The lowest BCUT2D eigenvalue weighted by molar-refractivity contribution is 0.0606. The Bertz CT molecular complexity index is 601. The molecule has 2 N–H and O–H groups in total. The SMILES string of the molecule is CC(c1ccc(C(=O)N(C2CCC(N)CC2)C2CC2)cc1)C(C)(F)P. The molecule has 2 aliphatic rings. The molecule has 25 heavy (non-hydrogen) atoms. The number of rotatable bonds is 5. The van der Waals surface area contributed by atoms with Crippen molar-refractivity contribution < 1.29 is 9.18 Å². The molecule has 0 aliphatic heterocycles. The monoisotopic (exact) mass is 364 g/mol. The first kappa shape index (κ1) is 18.8. The molecule has 0 radical (unpaired) electrons. The number of hydrogen-bond donors (Lipinski definition) is 1. The van der Waals surface area contributed by atoms with Crippen molar-refractivity contribution in [3.05, 3.63) is 35.4 Å². The van der Waals surface area contributed by atoms with Crippen LogP contribution in [0.4, 0.5) is 4.39 Å². The Kier molecular flexibility index (Phi) is 5.51. The highest BCUT2D eigenvalue weighted by atomic mass is 31.0. The molecule has 0 bridgehead atoms. The highest BCUT2D eigenvalue weighted by molar-refractivity contribution is 7.18. The molecule has 0 saturated heterocycles. The van der Waals surface area contributed by atoms with E-state index in [1.165, 1.54) is 0 Å². The van der Waals surface area contributed by atoms with E-state index >= 15 is 0 Å². The molecule has 3 unspecified atom stereocenters. The van der Waals surface area contributed by atoms with Crippen molar-refractivity contribution in [3.8, 4) is 0 Å². The first-order chi connectivity index (χ1) is 11.8. The first-order valence-electron chi connectivity index (χ1n) is 9.43. The lowest BCUT2D eigenvalue weighted by Gasteiger charge is -2.36. The van der Waals surface area contributed by atoms with Gasteiger partial charge >= 0.3 is 0 Å². The van der Waals surface area contributed by atoms with Crippen LogP contribution in [0.2, 0.25) is 0 Å². The van der Waals surface area contributed by atoms with Crippen molar-refractivity contribution in [3.63, 3.8) is 0 Å². The predicted octanol–water partition coefficient (Wildman–Crippen LogP) is 4.23. The van der Waals surface area contributed by atoms with Crippen molar-refractivity contribution in [2.75, 3.05) is 0 Å². The van der Waals surface area contributed by atoms with E-state index in [9.17, 15) is 9.18 Å². The van der Waals surface area contributed by atoms with Crippen LogP contribution in [-0.4, -0.2) is 34.3 Å². The lowest BCUT2D eigenvalue weighted by atomic mass is 9.90. The summed E-state index contributed by atoms with van der Waals surface area (Å²) in [5.74, 6) is -0.114. The average Bonchev–Trinajstić information content (AvgIpc) is 3.40. The van der Waals surface area contributed by atoms with Gasteiger partial charge in [0.05, 0.1) is 0 Å². The highest BCUT2D eigenvalue weighted by Gasteiger charge is 2.39. The number of alkyl halides is 1. The number of benzene rings is 1.